The Kier molecular flexibility index (Phi) is 2.54. The Morgan fingerprint density at radius 1 is 0.944 bits per heavy atom. The molecule has 0 saturated carbocycles. The topological polar surface area (TPSA) is 43.4 Å². The minimum absolute atomic E-state index is 0.0497. The molecule has 0 radical (unpaired) electrons. The number of hydrogen-bond donors (Lipinski definition) is 0. The summed E-state index contributed by atoms with van der Waals surface area (Å²) in [5, 5.41) is 0. The molecule has 1 heterocycles. The van der Waals surface area contributed by atoms with E-state index in [0.717, 1.165) is 5.56 Å². The van der Waals surface area contributed by atoms with Gasteiger partial charge < -0.3 is 4.74 Å². The van der Waals surface area contributed by atoms with Gasteiger partial charge in [0.1, 0.15) is 0 Å². The van der Waals surface area contributed by atoms with Crippen LogP contribution in [0.1, 0.15) is 18.4 Å². The molecule has 0 spiro atoms. The number of benzene rings is 1. The second-order valence-electron chi connectivity index (χ2n) is 4.97. The molecular formula is C15H14O3. The third-order valence-corrected chi connectivity index (χ3v) is 3.89. The average Bonchev–Trinajstić information content (AvgIpc) is 2.68. The molecule has 92 valence electrons. The van der Waals surface area contributed by atoms with Crippen molar-refractivity contribution in [1.82, 2.24) is 0 Å². The van der Waals surface area contributed by atoms with Gasteiger partial charge in [0.2, 0.25) is 0 Å². The molecule has 1 saturated heterocycles. The molecule has 3 nitrogen and oxygen atoms in total. The number of fused-ring (bicyclic) bond motifs is 1. The smallest absolute Gasteiger partial charge is 0.318 e. The van der Waals surface area contributed by atoms with Crippen LogP contribution in [0.3, 0.4) is 0 Å². The molecule has 18 heavy (non-hydrogen) atoms. The Morgan fingerprint density at radius 3 is 2.33 bits per heavy atom. The Labute approximate surface area is 105 Å². The van der Waals surface area contributed by atoms with E-state index < -0.39 is 0 Å². The van der Waals surface area contributed by atoms with Gasteiger partial charge >= 0.3 is 11.9 Å². The number of ether oxygens (including phenoxy) is 1. The van der Waals surface area contributed by atoms with E-state index in [1.165, 1.54) is 0 Å². The molecule has 0 unspecified atom stereocenters. The van der Waals surface area contributed by atoms with Crippen molar-refractivity contribution in [3.8, 4) is 0 Å². The summed E-state index contributed by atoms with van der Waals surface area (Å²) in [5.41, 5.74) is 1.06. The summed E-state index contributed by atoms with van der Waals surface area (Å²) < 4.78 is 4.81. The molecule has 1 aromatic rings. The van der Waals surface area contributed by atoms with E-state index in [1.807, 2.05) is 49.4 Å². The van der Waals surface area contributed by atoms with Crippen LogP contribution in [0.15, 0.2) is 42.5 Å². The standard InChI is InChI=1S/C15H14O3/c1-9-7-8-11(10-5-3-2-4-6-10)13-12(9)14(16)18-15(13)17/h2-9,11-13H,1H3/t9-,11-,12-,13-/m1/s1. The van der Waals surface area contributed by atoms with Crippen LogP contribution in [0.25, 0.3) is 0 Å². The first-order valence-corrected chi connectivity index (χ1v) is 6.17. The summed E-state index contributed by atoms with van der Waals surface area (Å²) in [6.07, 6.45) is 4.04. The van der Waals surface area contributed by atoms with Gasteiger partial charge in [0.05, 0.1) is 11.8 Å². The van der Waals surface area contributed by atoms with Crippen LogP contribution in [-0.4, -0.2) is 11.9 Å². The summed E-state index contributed by atoms with van der Waals surface area (Å²) in [7, 11) is 0. The lowest BCUT2D eigenvalue weighted by Crippen LogP contribution is -2.31. The zero-order chi connectivity index (χ0) is 12.7. The van der Waals surface area contributed by atoms with Crippen LogP contribution >= 0.6 is 0 Å². The Morgan fingerprint density at radius 2 is 1.61 bits per heavy atom. The van der Waals surface area contributed by atoms with Crippen molar-refractivity contribution in [3.63, 3.8) is 0 Å². The van der Waals surface area contributed by atoms with Crippen LogP contribution < -0.4 is 0 Å². The van der Waals surface area contributed by atoms with E-state index in [9.17, 15) is 9.59 Å². The number of carbonyl (C=O) groups excluding carboxylic acids is 2. The van der Waals surface area contributed by atoms with E-state index in [0.29, 0.717) is 0 Å². The molecular weight excluding hydrogens is 228 g/mol. The van der Waals surface area contributed by atoms with Gasteiger partial charge in [-0.15, -0.1) is 0 Å². The first kappa shape index (κ1) is 11.2. The largest absolute Gasteiger partial charge is 0.393 e. The molecule has 0 amide bonds. The predicted octanol–water partition coefficient (Wildman–Crippen LogP) is 2.29. The summed E-state index contributed by atoms with van der Waals surface area (Å²) in [6.45, 7) is 1.95. The zero-order valence-corrected chi connectivity index (χ0v) is 10.1. The highest BCUT2D eigenvalue weighted by molar-refractivity contribution is 5.97. The third kappa shape index (κ3) is 1.58. The molecule has 1 aliphatic carbocycles. The fourth-order valence-corrected chi connectivity index (χ4v) is 2.97. The quantitative estimate of drug-likeness (QED) is 0.431. The van der Waals surface area contributed by atoms with Gasteiger partial charge in [0, 0.05) is 5.92 Å². The van der Waals surface area contributed by atoms with Crippen molar-refractivity contribution in [2.75, 3.05) is 0 Å². The summed E-state index contributed by atoms with van der Waals surface area (Å²) >= 11 is 0. The molecule has 1 aromatic carbocycles. The Hall–Kier alpha value is -1.90. The molecule has 3 rings (SSSR count). The lowest BCUT2D eigenvalue weighted by atomic mass is 9.70. The lowest BCUT2D eigenvalue weighted by Gasteiger charge is -2.29. The fourth-order valence-electron chi connectivity index (χ4n) is 2.97. The molecule has 0 bridgehead atoms. The number of esters is 2. The van der Waals surface area contributed by atoms with Gasteiger partial charge in [0.25, 0.3) is 0 Å². The molecule has 0 N–H and O–H groups in total. The van der Waals surface area contributed by atoms with E-state index in [2.05, 4.69) is 0 Å². The summed E-state index contributed by atoms with van der Waals surface area (Å²) in [6, 6.07) is 9.79. The van der Waals surface area contributed by atoms with Crippen molar-refractivity contribution in [2.45, 2.75) is 12.8 Å². The van der Waals surface area contributed by atoms with E-state index in [1.54, 1.807) is 0 Å². The van der Waals surface area contributed by atoms with Crippen molar-refractivity contribution < 1.29 is 14.3 Å². The van der Waals surface area contributed by atoms with Gasteiger partial charge in [-0.25, -0.2) is 0 Å². The van der Waals surface area contributed by atoms with E-state index >= 15 is 0 Å². The average molecular weight is 242 g/mol. The van der Waals surface area contributed by atoms with Gasteiger partial charge in [-0.3, -0.25) is 9.59 Å². The molecule has 1 aliphatic heterocycles. The maximum atomic E-state index is 11.9. The summed E-state index contributed by atoms with van der Waals surface area (Å²) in [5.74, 6) is -1.43. The Balaban J connectivity index is 2.04. The zero-order valence-electron chi connectivity index (χ0n) is 10.1. The molecule has 3 heteroatoms. The Bertz CT molecular complexity index is 518. The highest BCUT2D eigenvalue weighted by atomic mass is 16.6. The maximum absolute atomic E-state index is 11.9. The van der Waals surface area contributed by atoms with E-state index in [-0.39, 0.29) is 35.6 Å². The first-order chi connectivity index (χ1) is 8.68. The van der Waals surface area contributed by atoms with Crippen molar-refractivity contribution >= 4 is 11.9 Å². The highest BCUT2D eigenvalue weighted by Crippen LogP contribution is 2.44. The number of cyclic esters (lactones) is 2. The van der Waals surface area contributed by atoms with Gasteiger partial charge in [-0.2, -0.15) is 0 Å². The second kappa shape index (κ2) is 4.09. The van der Waals surface area contributed by atoms with Gasteiger partial charge in [-0.05, 0) is 11.5 Å². The highest BCUT2D eigenvalue weighted by Gasteiger charge is 2.51. The number of carbonyl (C=O) groups is 2. The third-order valence-electron chi connectivity index (χ3n) is 3.89. The molecule has 1 fully saturated rings. The summed E-state index contributed by atoms with van der Waals surface area (Å²) in [4.78, 5) is 23.6. The molecule has 2 aliphatic rings. The van der Waals surface area contributed by atoms with Crippen molar-refractivity contribution in [3.05, 3.63) is 48.0 Å². The van der Waals surface area contributed by atoms with Crippen molar-refractivity contribution in [2.24, 2.45) is 17.8 Å². The predicted molar refractivity (Wildman–Crippen MR) is 65.6 cm³/mol. The number of allylic oxidation sites excluding steroid dienone is 2. The lowest BCUT2D eigenvalue weighted by molar-refractivity contribution is -0.154. The van der Waals surface area contributed by atoms with Crippen LogP contribution in [0.2, 0.25) is 0 Å². The van der Waals surface area contributed by atoms with Crippen LogP contribution in [0, 0.1) is 17.8 Å². The monoisotopic (exact) mass is 242 g/mol. The molecule has 4 atom stereocenters. The van der Waals surface area contributed by atoms with Gasteiger partial charge in [0.15, 0.2) is 0 Å². The second-order valence-corrected chi connectivity index (χ2v) is 4.97. The minimum Gasteiger partial charge on any atom is -0.393 e. The molecule has 0 aromatic heterocycles. The van der Waals surface area contributed by atoms with Gasteiger partial charge in [-0.1, -0.05) is 49.4 Å². The van der Waals surface area contributed by atoms with Crippen molar-refractivity contribution in [1.29, 1.82) is 0 Å². The van der Waals surface area contributed by atoms with Crippen LogP contribution in [-0.2, 0) is 14.3 Å². The number of hydrogen-bond acceptors (Lipinski definition) is 3. The normalized spacial score (nSPS) is 34.3. The van der Waals surface area contributed by atoms with Crippen LogP contribution in [0.5, 0.6) is 0 Å². The minimum atomic E-state index is -0.380. The SMILES string of the molecule is C[C@@H]1C=C[C@H](c2ccccc2)[C@H]2C(=O)OC(=O)[C@@H]21. The first-order valence-electron chi connectivity index (χ1n) is 6.17. The maximum Gasteiger partial charge on any atom is 0.318 e. The van der Waals surface area contributed by atoms with Crippen LogP contribution in [0.4, 0.5) is 0 Å². The fraction of sp³-hybridized carbons (Fsp3) is 0.333. The number of rotatable bonds is 1. The van der Waals surface area contributed by atoms with E-state index in [4.69, 9.17) is 4.74 Å².